The first-order chi connectivity index (χ1) is 17.3. The van der Waals surface area contributed by atoms with Crippen molar-refractivity contribution in [2.75, 3.05) is 0 Å². The fraction of sp³-hybridized carbons (Fsp3) is 0.261. The monoisotopic (exact) mass is 559 g/mol. The third-order valence-corrected chi connectivity index (χ3v) is 5.84. The fourth-order valence-corrected chi connectivity index (χ4v) is 4.00. The van der Waals surface area contributed by atoms with Gasteiger partial charge < -0.3 is 10.2 Å². The topological polar surface area (TPSA) is 98.1 Å². The average molecular weight is 560 g/mol. The third-order valence-electron chi connectivity index (χ3n) is 5.37. The van der Waals surface area contributed by atoms with Crippen molar-refractivity contribution in [3.8, 4) is 16.9 Å². The van der Waals surface area contributed by atoms with E-state index in [0.717, 1.165) is 25.9 Å². The minimum Gasteiger partial charge on any atom is -0.385 e. The van der Waals surface area contributed by atoms with E-state index in [0.29, 0.717) is 10.6 Å². The molecule has 196 valence electrons. The Balaban J connectivity index is 1.78. The van der Waals surface area contributed by atoms with Crippen LogP contribution in [-0.4, -0.2) is 46.4 Å². The van der Waals surface area contributed by atoms with E-state index < -0.39 is 36.4 Å². The second-order valence-corrected chi connectivity index (χ2v) is 9.07. The number of nitrogens with zero attached hydrogens (tertiary/aromatic N) is 5. The van der Waals surface area contributed by atoms with Crippen LogP contribution in [0.15, 0.2) is 53.5 Å². The molecule has 2 N–H and O–H groups in total. The maximum atomic E-state index is 13.9. The summed E-state index contributed by atoms with van der Waals surface area (Å²) in [5.74, 6) is -0.621. The van der Waals surface area contributed by atoms with E-state index in [1.165, 1.54) is 43.5 Å². The molecule has 0 aliphatic carbocycles. The summed E-state index contributed by atoms with van der Waals surface area (Å²) in [6, 6.07) is 9.65. The van der Waals surface area contributed by atoms with E-state index in [4.69, 9.17) is 23.2 Å². The second-order valence-electron chi connectivity index (χ2n) is 8.20. The van der Waals surface area contributed by atoms with Gasteiger partial charge in [-0.05, 0) is 42.8 Å². The van der Waals surface area contributed by atoms with Crippen LogP contribution in [0.1, 0.15) is 24.7 Å². The molecule has 2 aromatic carbocycles. The van der Waals surface area contributed by atoms with Crippen molar-refractivity contribution in [3.63, 3.8) is 0 Å². The first-order valence-electron chi connectivity index (χ1n) is 10.7. The van der Waals surface area contributed by atoms with Crippen molar-refractivity contribution in [1.29, 1.82) is 0 Å². The molecule has 2 heterocycles. The summed E-state index contributed by atoms with van der Waals surface area (Å²) in [7, 11) is 0. The number of aliphatic hydroxyl groups excluding tert-OH is 2. The van der Waals surface area contributed by atoms with Crippen LogP contribution < -0.4 is 5.69 Å². The molecular formula is C23H19Cl2F4N5O3. The minimum absolute atomic E-state index is 0.00885. The number of benzene rings is 2. The predicted molar refractivity (Wildman–Crippen MR) is 127 cm³/mol. The minimum atomic E-state index is -4.95. The summed E-state index contributed by atoms with van der Waals surface area (Å²) in [4.78, 5) is 17.4. The Bertz CT molecular complexity index is 1460. The molecule has 0 aliphatic heterocycles. The van der Waals surface area contributed by atoms with Crippen molar-refractivity contribution in [2.24, 2.45) is 0 Å². The first-order valence-corrected chi connectivity index (χ1v) is 11.5. The molecule has 0 radical (unpaired) electrons. The zero-order chi connectivity index (χ0) is 27.1. The molecule has 0 aliphatic rings. The number of aromatic nitrogens is 5. The van der Waals surface area contributed by atoms with Crippen LogP contribution in [0.4, 0.5) is 17.6 Å². The number of rotatable bonds is 7. The quantitative estimate of drug-likeness (QED) is 0.328. The van der Waals surface area contributed by atoms with E-state index in [1.54, 1.807) is 0 Å². The summed E-state index contributed by atoms with van der Waals surface area (Å²) >= 11 is 11.8. The lowest BCUT2D eigenvalue weighted by atomic mass is 10.1. The summed E-state index contributed by atoms with van der Waals surface area (Å²) in [5.41, 5.74) is -0.221. The highest BCUT2D eigenvalue weighted by molar-refractivity contribution is 6.31. The van der Waals surface area contributed by atoms with E-state index in [2.05, 4.69) is 10.1 Å². The van der Waals surface area contributed by atoms with Crippen molar-refractivity contribution >= 4 is 23.2 Å². The number of alkyl halides is 3. The highest BCUT2D eigenvalue weighted by atomic mass is 35.5. The van der Waals surface area contributed by atoms with Crippen LogP contribution in [0, 0.1) is 5.82 Å². The van der Waals surface area contributed by atoms with Gasteiger partial charge in [-0.1, -0.05) is 35.3 Å². The van der Waals surface area contributed by atoms with Gasteiger partial charge in [0.15, 0.2) is 17.8 Å². The van der Waals surface area contributed by atoms with Gasteiger partial charge in [0.2, 0.25) is 0 Å². The number of hydrogen-bond donors (Lipinski definition) is 2. The maximum Gasteiger partial charge on any atom is 0.416 e. The fourth-order valence-electron chi connectivity index (χ4n) is 3.66. The van der Waals surface area contributed by atoms with E-state index in [-0.39, 0.29) is 34.6 Å². The molecule has 2 aromatic heterocycles. The van der Waals surface area contributed by atoms with Gasteiger partial charge in [0.1, 0.15) is 11.9 Å². The molecule has 2 atom stereocenters. The molecule has 4 rings (SSSR count). The van der Waals surface area contributed by atoms with Crippen LogP contribution >= 0.6 is 23.2 Å². The number of hydrogen-bond acceptors (Lipinski definition) is 5. The number of aliphatic hydroxyl groups is 2. The zero-order valence-corrected chi connectivity index (χ0v) is 20.5. The van der Waals surface area contributed by atoms with Gasteiger partial charge in [0.05, 0.1) is 24.5 Å². The normalized spacial score (nSPS) is 13.6. The highest BCUT2D eigenvalue weighted by Gasteiger charge is 2.39. The Morgan fingerprint density at radius 1 is 1.05 bits per heavy atom. The van der Waals surface area contributed by atoms with Crippen LogP contribution in [0.3, 0.4) is 0 Å². The average Bonchev–Trinajstić information content (AvgIpc) is 3.36. The van der Waals surface area contributed by atoms with Crippen LogP contribution in [0.25, 0.3) is 16.9 Å². The first kappa shape index (κ1) is 26.9. The van der Waals surface area contributed by atoms with E-state index >= 15 is 0 Å². The predicted octanol–water partition coefficient (Wildman–Crippen LogP) is 4.37. The Labute approximate surface area is 216 Å². The molecule has 0 spiro atoms. The van der Waals surface area contributed by atoms with Crippen molar-refractivity contribution in [3.05, 3.63) is 86.7 Å². The Kier molecular flexibility index (Phi) is 7.47. The molecule has 2 unspecified atom stereocenters. The maximum absolute atomic E-state index is 13.9. The van der Waals surface area contributed by atoms with Gasteiger partial charge in [0.25, 0.3) is 0 Å². The molecule has 14 heteroatoms. The summed E-state index contributed by atoms with van der Waals surface area (Å²) in [6.45, 7) is 0.0607. The molecule has 0 fully saturated rings. The number of imidazole rings is 1. The summed E-state index contributed by atoms with van der Waals surface area (Å²) in [6.07, 6.45) is -7.58. The summed E-state index contributed by atoms with van der Waals surface area (Å²) in [5, 5.41) is 24.5. The standard InChI is InChI=1S/C23H19Cl2F4N5O3/c1-12(35)21-30-20(31-34(21)17-7-15(25)6-16(26)8-17)11-32-9-18(13-2-4-14(24)5-3-13)33(22(32)37)10-19(36)23(27,28)29/h2-9,12,19,35-36H,10-11H2,1H3. The number of halogens is 6. The zero-order valence-electron chi connectivity index (χ0n) is 19.0. The van der Waals surface area contributed by atoms with Crippen molar-refractivity contribution in [1.82, 2.24) is 23.9 Å². The second kappa shape index (κ2) is 10.3. The molecule has 8 nitrogen and oxygen atoms in total. The highest BCUT2D eigenvalue weighted by Crippen LogP contribution is 2.26. The Morgan fingerprint density at radius 2 is 1.73 bits per heavy atom. The van der Waals surface area contributed by atoms with Gasteiger partial charge in [-0.2, -0.15) is 13.2 Å². The largest absolute Gasteiger partial charge is 0.416 e. The molecule has 0 amide bonds. The van der Waals surface area contributed by atoms with E-state index in [1.807, 2.05) is 0 Å². The lowest BCUT2D eigenvalue weighted by molar-refractivity contribution is -0.207. The Morgan fingerprint density at radius 3 is 2.32 bits per heavy atom. The van der Waals surface area contributed by atoms with Crippen molar-refractivity contribution in [2.45, 2.75) is 38.4 Å². The molecular weight excluding hydrogens is 541 g/mol. The van der Waals surface area contributed by atoms with Crippen LogP contribution in [0.2, 0.25) is 10.0 Å². The van der Waals surface area contributed by atoms with Crippen molar-refractivity contribution < 1.29 is 27.8 Å². The van der Waals surface area contributed by atoms with Gasteiger partial charge in [-0.15, -0.1) is 5.10 Å². The smallest absolute Gasteiger partial charge is 0.385 e. The van der Waals surface area contributed by atoms with E-state index in [9.17, 15) is 32.6 Å². The van der Waals surface area contributed by atoms with Crippen LogP contribution in [0.5, 0.6) is 0 Å². The van der Waals surface area contributed by atoms with Crippen LogP contribution in [-0.2, 0) is 13.1 Å². The molecule has 37 heavy (non-hydrogen) atoms. The molecule has 0 bridgehead atoms. The van der Waals surface area contributed by atoms with Gasteiger partial charge >= 0.3 is 11.9 Å². The SMILES string of the molecule is CC(O)c1nc(Cn2cc(-c3ccc(Cl)cc3)n(CC(O)C(F)(F)F)c2=O)nn1-c1cc(F)cc(Cl)c1. The molecule has 4 aromatic rings. The molecule has 0 saturated carbocycles. The third kappa shape index (κ3) is 5.87. The Hall–Kier alpha value is -3.19. The lowest BCUT2D eigenvalue weighted by Crippen LogP contribution is -2.37. The van der Waals surface area contributed by atoms with Gasteiger partial charge in [-0.3, -0.25) is 9.13 Å². The molecule has 0 saturated heterocycles. The summed E-state index contributed by atoms with van der Waals surface area (Å²) < 4.78 is 56.2. The lowest BCUT2D eigenvalue weighted by Gasteiger charge is -2.16. The van der Waals surface area contributed by atoms with Gasteiger partial charge in [0, 0.05) is 16.2 Å². The van der Waals surface area contributed by atoms with Gasteiger partial charge in [-0.25, -0.2) is 18.9 Å².